The number of hydrogen-bond donors (Lipinski definition) is 1. The summed E-state index contributed by atoms with van der Waals surface area (Å²) in [5, 5.41) is 3.31. The summed E-state index contributed by atoms with van der Waals surface area (Å²) in [6, 6.07) is 3.93. The van der Waals surface area contributed by atoms with Crippen molar-refractivity contribution in [3.05, 3.63) is 29.3 Å². The van der Waals surface area contributed by atoms with Crippen molar-refractivity contribution in [1.82, 2.24) is 10.2 Å². The van der Waals surface area contributed by atoms with Gasteiger partial charge in [0.25, 0.3) is 0 Å². The van der Waals surface area contributed by atoms with E-state index in [1.165, 1.54) is 7.11 Å². The maximum absolute atomic E-state index is 12.9. The van der Waals surface area contributed by atoms with E-state index in [-0.39, 0.29) is 18.4 Å². The predicted molar refractivity (Wildman–Crippen MR) is 91.9 cm³/mol. The van der Waals surface area contributed by atoms with Crippen LogP contribution in [0.15, 0.2) is 18.2 Å². The zero-order valence-electron chi connectivity index (χ0n) is 14.3. The lowest BCUT2D eigenvalue weighted by Gasteiger charge is -2.36. The van der Waals surface area contributed by atoms with Gasteiger partial charge in [-0.1, -0.05) is 19.9 Å². The lowest BCUT2D eigenvalue weighted by molar-refractivity contribution is -0.137. The van der Waals surface area contributed by atoms with E-state index < -0.39 is 11.7 Å². The molecule has 0 aliphatic carbocycles. The van der Waals surface area contributed by atoms with Crippen molar-refractivity contribution in [1.29, 1.82) is 0 Å². The fourth-order valence-electron chi connectivity index (χ4n) is 3.08. The number of hydrogen-bond acceptors (Lipinski definition) is 3. The highest BCUT2D eigenvalue weighted by Gasteiger charge is 2.33. The van der Waals surface area contributed by atoms with E-state index in [4.69, 9.17) is 4.74 Å². The predicted octanol–water partition coefficient (Wildman–Crippen LogP) is 4.13. The van der Waals surface area contributed by atoms with Crippen LogP contribution in [-0.2, 0) is 6.18 Å². The average molecular weight is 367 g/mol. The molecule has 1 N–H and O–H groups in total. The van der Waals surface area contributed by atoms with E-state index in [1.54, 1.807) is 6.07 Å². The van der Waals surface area contributed by atoms with E-state index in [0.29, 0.717) is 11.7 Å². The van der Waals surface area contributed by atoms with Gasteiger partial charge in [-0.05, 0) is 24.5 Å². The first-order valence-electron chi connectivity index (χ1n) is 8.02. The van der Waals surface area contributed by atoms with Crippen LogP contribution in [0, 0.1) is 5.92 Å². The minimum Gasteiger partial charge on any atom is -0.496 e. The summed E-state index contributed by atoms with van der Waals surface area (Å²) >= 11 is 0. The second-order valence-electron chi connectivity index (χ2n) is 6.39. The summed E-state index contributed by atoms with van der Waals surface area (Å²) in [6.07, 6.45) is -3.46. The molecular formula is C17H26ClF3N2O. The van der Waals surface area contributed by atoms with Crippen molar-refractivity contribution in [3.63, 3.8) is 0 Å². The molecule has 1 aromatic rings. The van der Waals surface area contributed by atoms with Crippen LogP contribution in [0.1, 0.15) is 37.4 Å². The third-order valence-corrected chi connectivity index (χ3v) is 4.21. The molecule has 1 fully saturated rings. The third kappa shape index (κ3) is 5.26. The van der Waals surface area contributed by atoms with Crippen molar-refractivity contribution in [2.45, 2.75) is 32.5 Å². The van der Waals surface area contributed by atoms with Crippen molar-refractivity contribution in [2.75, 3.05) is 33.3 Å². The number of benzene rings is 1. The molecule has 2 rings (SSSR count). The Morgan fingerprint density at radius 2 is 1.83 bits per heavy atom. The number of piperazine rings is 1. The Bertz CT molecular complexity index is 517. The number of nitrogens with zero attached hydrogens (tertiary/aromatic N) is 1. The van der Waals surface area contributed by atoms with Gasteiger partial charge < -0.3 is 10.1 Å². The number of alkyl halides is 3. The van der Waals surface area contributed by atoms with Crippen LogP contribution in [0.5, 0.6) is 5.75 Å². The molecule has 1 saturated heterocycles. The standard InChI is InChI=1S/C17H25F3N2O.ClH/c1-12(2)10-15(22-8-6-21-7-9-22)14-5-4-13(17(18,19)20)11-16(14)23-3;/h4-5,11-12,15,21H,6-10H2,1-3H3;1H/t15-;/m0./s1. The van der Waals surface area contributed by atoms with Gasteiger partial charge in [-0.3, -0.25) is 4.90 Å². The van der Waals surface area contributed by atoms with Crippen LogP contribution in [0.25, 0.3) is 0 Å². The Balaban J connectivity index is 0.00000288. The number of halogens is 4. The Hall–Kier alpha value is -0.980. The van der Waals surface area contributed by atoms with E-state index in [9.17, 15) is 13.2 Å². The molecule has 0 aromatic heterocycles. The maximum Gasteiger partial charge on any atom is 0.416 e. The lowest BCUT2D eigenvalue weighted by Crippen LogP contribution is -2.45. The molecule has 0 saturated carbocycles. The zero-order valence-corrected chi connectivity index (χ0v) is 15.1. The van der Waals surface area contributed by atoms with Crippen molar-refractivity contribution < 1.29 is 17.9 Å². The second kappa shape index (κ2) is 8.92. The van der Waals surface area contributed by atoms with E-state index in [1.807, 2.05) is 0 Å². The first-order chi connectivity index (χ1) is 10.8. The average Bonchev–Trinajstić information content (AvgIpc) is 2.52. The largest absolute Gasteiger partial charge is 0.496 e. The molecule has 0 bridgehead atoms. The third-order valence-electron chi connectivity index (χ3n) is 4.21. The minimum atomic E-state index is -4.35. The van der Waals surface area contributed by atoms with Gasteiger partial charge in [0.2, 0.25) is 0 Å². The van der Waals surface area contributed by atoms with Gasteiger partial charge in [0.05, 0.1) is 12.7 Å². The van der Waals surface area contributed by atoms with Crippen LogP contribution in [-0.4, -0.2) is 38.2 Å². The van der Waals surface area contributed by atoms with Gasteiger partial charge in [-0.15, -0.1) is 12.4 Å². The topological polar surface area (TPSA) is 24.5 Å². The van der Waals surface area contributed by atoms with Gasteiger partial charge in [0, 0.05) is 37.8 Å². The van der Waals surface area contributed by atoms with Crippen LogP contribution in [0.3, 0.4) is 0 Å². The Labute approximate surface area is 148 Å². The molecule has 0 amide bonds. The fourth-order valence-corrected chi connectivity index (χ4v) is 3.08. The molecule has 0 radical (unpaired) electrons. The van der Waals surface area contributed by atoms with Gasteiger partial charge >= 0.3 is 6.18 Å². The molecule has 138 valence electrons. The maximum atomic E-state index is 12.9. The Kier molecular flexibility index (Phi) is 7.83. The monoisotopic (exact) mass is 366 g/mol. The zero-order chi connectivity index (χ0) is 17.0. The van der Waals surface area contributed by atoms with Crippen molar-refractivity contribution in [2.24, 2.45) is 5.92 Å². The van der Waals surface area contributed by atoms with E-state index in [2.05, 4.69) is 24.1 Å². The summed E-state index contributed by atoms with van der Waals surface area (Å²) in [5.74, 6) is 0.769. The van der Waals surface area contributed by atoms with Crippen molar-refractivity contribution >= 4 is 12.4 Å². The van der Waals surface area contributed by atoms with E-state index >= 15 is 0 Å². The van der Waals surface area contributed by atoms with Crippen LogP contribution in [0.4, 0.5) is 13.2 Å². The summed E-state index contributed by atoms with van der Waals surface area (Å²) in [7, 11) is 1.43. The Morgan fingerprint density at radius 1 is 1.21 bits per heavy atom. The first kappa shape index (κ1) is 21.1. The number of methoxy groups -OCH3 is 1. The van der Waals surface area contributed by atoms with Gasteiger partial charge in [-0.25, -0.2) is 0 Å². The van der Waals surface area contributed by atoms with Gasteiger partial charge in [-0.2, -0.15) is 13.2 Å². The highest BCUT2D eigenvalue weighted by molar-refractivity contribution is 5.85. The molecule has 7 heteroatoms. The minimum absolute atomic E-state index is 0. The second-order valence-corrected chi connectivity index (χ2v) is 6.39. The molecule has 1 aromatic carbocycles. The molecule has 0 unspecified atom stereocenters. The normalized spacial score (nSPS) is 17.5. The molecule has 1 atom stereocenters. The van der Waals surface area contributed by atoms with Crippen LogP contribution >= 0.6 is 12.4 Å². The molecule has 24 heavy (non-hydrogen) atoms. The fraction of sp³-hybridized carbons (Fsp3) is 0.647. The number of rotatable bonds is 5. The van der Waals surface area contributed by atoms with Gasteiger partial charge in [0.1, 0.15) is 5.75 Å². The molecule has 1 aliphatic heterocycles. The van der Waals surface area contributed by atoms with Crippen molar-refractivity contribution in [3.8, 4) is 5.75 Å². The Morgan fingerprint density at radius 3 is 2.33 bits per heavy atom. The van der Waals surface area contributed by atoms with E-state index in [0.717, 1.165) is 50.3 Å². The summed E-state index contributed by atoms with van der Waals surface area (Å²) in [5.41, 5.74) is 0.179. The lowest BCUT2D eigenvalue weighted by atomic mass is 9.93. The molecule has 3 nitrogen and oxygen atoms in total. The molecular weight excluding hydrogens is 341 g/mol. The summed E-state index contributed by atoms with van der Waals surface area (Å²) in [6.45, 7) is 7.84. The smallest absolute Gasteiger partial charge is 0.416 e. The highest BCUT2D eigenvalue weighted by Crippen LogP contribution is 2.38. The van der Waals surface area contributed by atoms with Crippen LogP contribution in [0.2, 0.25) is 0 Å². The number of ether oxygens (including phenoxy) is 1. The molecule has 1 heterocycles. The molecule has 1 aliphatic rings. The SMILES string of the molecule is COc1cc(C(F)(F)F)ccc1[C@H](CC(C)C)N1CCNCC1.Cl. The quantitative estimate of drug-likeness (QED) is 0.848. The highest BCUT2D eigenvalue weighted by atomic mass is 35.5. The summed E-state index contributed by atoms with van der Waals surface area (Å²) < 4.78 is 44.1. The summed E-state index contributed by atoms with van der Waals surface area (Å²) in [4.78, 5) is 2.33. The van der Waals surface area contributed by atoms with Crippen LogP contribution < -0.4 is 10.1 Å². The van der Waals surface area contributed by atoms with Gasteiger partial charge in [0.15, 0.2) is 0 Å². The first-order valence-corrected chi connectivity index (χ1v) is 8.02. The molecule has 0 spiro atoms. The number of nitrogens with one attached hydrogen (secondary N) is 1.